The molecule has 2 heterocycles. The van der Waals surface area contributed by atoms with Crippen LogP contribution in [0.3, 0.4) is 0 Å². The first kappa shape index (κ1) is 22.1. The zero-order valence-electron chi connectivity index (χ0n) is 18.3. The summed E-state index contributed by atoms with van der Waals surface area (Å²) in [6, 6.07) is 11.5. The molecule has 0 N–H and O–H groups in total. The highest BCUT2D eigenvalue weighted by molar-refractivity contribution is 5.95. The Balaban J connectivity index is 1.42. The standard InChI is InChI=1S/C24H27FN2O5/c1-30-20-8-7-17(15-21(20)31-2)23(29)26-13-11-24(12-14-26)10-9-22(28)27(24)32-16-18-5-3-4-6-19(18)25/h3-8,15H,9-14,16H2,1-2H3. The molecule has 0 bridgehead atoms. The van der Waals surface area contributed by atoms with E-state index >= 15 is 0 Å². The van der Waals surface area contributed by atoms with Gasteiger partial charge in [-0.15, -0.1) is 0 Å². The van der Waals surface area contributed by atoms with E-state index < -0.39 is 5.54 Å². The van der Waals surface area contributed by atoms with Crippen LogP contribution in [-0.4, -0.2) is 54.6 Å². The Bertz CT molecular complexity index is 1000. The quantitative estimate of drug-likeness (QED) is 0.684. The van der Waals surface area contributed by atoms with Crippen LogP contribution in [0.5, 0.6) is 11.5 Å². The van der Waals surface area contributed by atoms with Gasteiger partial charge in [0.05, 0.1) is 19.8 Å². The molecule has 8 heteroatoms. The lowest BCUT2D eigenvalue weighted by atomic mass is 9.85. The van der Waals surface area contributed by atoms with E-state index in [4.69, 9.17) is 14.3 Å². The number of likely N-dealkylation sites (tertiary alicyclic amines) is 1. The number of hydroxylamine groups is 2. The highest BCUT2D eigenvalue weighted by atomic mass is 19.1. The average molecular weight is 442 g/mol. The van der Waals surface area contributed by atoms with Gasteiger partial charge in [0.2, 0.25) is 5.91 Å². The molecular formula is C24H27FN2O5. The minimum atomic E-state index is -0.462. The molecule has 0 radical (unpaired) electrons. The second-order valence-corrected chi connectivity index (χ2v) is 8.14. The second-order valence-electron chi connectivity index (χ2n) is 8.14. The number of halogens is 1. The lowest BCUT2D eigenvalue weighted by Gasteiger charge is -2.43. The van der Waals surface area contributed by atoms with Crippen LogP contribution in [0.2, 0.25) is 0 Å². The average Bonchev–Trinajstić information content (AvgIpc) is 3.12. The van der Waals surface area contributed by atoms with E-state index in [1.54, 1.807) is 48.4 Å². The topological polar surface area (TPSA) is 68.3 Å². The third kappa shape index (κ3) is 4.14. The third-order valence-corrected chi connectivity index (χ3v) is 6.38. The smallest absolute Gasteiger partial charge is 0.253 e. The number of carbonyl (C=O) groups excluding carboxylic acids is 2. The molecule has 2 saturated heterocycles. The van der Waals surface area contributed by atoms with Crippen molar-refractivity contribution in [2.45, 2.75) is 37.8 Å². The van der Waals surface area contributed by atoms with Gasteiger partial charge in [0, 0.05) is 30.6 Å². The molecule has 4 rings (SSSR count). The fraction of sp³-hybridized carbons (Fsp3) is 0.417. The molecule has 0 atom stereocenters. The first-order chi connectivity index (χ1) is 15.5. The van der Waals surface area contributed by atoms with Gasteiger partial charge in [-0.2, -0.15) is 0 Å². The molecule has 2 aromatic rings. The number of hydrogen-bond donors (Lipinski definition) is 0. The predicted molar refractivity (Wildman–Crippen MR) is 115 cm³/mol. The van der Waals surface area contributed by atoms with Gasteiger partial charge < -0.3 is 14.4 Å². The summed E-state index contributed by atoms with van der Waals surface area (Å²) < 4.78 is 24.5. The summed E-state index contributed by atoms with van der Waals surface area (Å²) in [5.74, 6) is 0.517. The Kier molecular flexibility index (Phi) is 6.32. The van der Waals surface area contributed by atoms with Gasteiger partial charge in [0.1, 0.15) is 12.4 Å². The van der Waals surface area contributed by atoms with E-state index in [-0.39, 0.29) is 24.2 Å². The maximum atomic E-state index is 14.0. The van der Waals surface area contributed by atoms with Crippen molar-refractivity contribution >= 4 is 11.8 Å². The molecule has 2 fully saturated rings. The SMILES string of the molecule is COc1ccc(C(=O)N2CCC3(CCC(=O)N3OCc3ccccc3F)CC2)cc1OC. The molecular weight excluding hydrogens is 415 g/mol. The van der Waals surface area contributed by atoms with Gasteiger partial charge in [0.25, 0.3) is 5.91 Å². The van der Waals surface area contributed by atoms with Crippen molar-refractivity contribution in [3.05, 3.63) is 59.4 Å². The fourth-order valence-electron chi connectivity index (χ4n) is 4.50. The number of nitrogens with zero attached hydrogens (tertiary/aromatic N) is 2. The normalized spacial score (nSPS) is 17.7. The first-order valence-corrected chi connectivity index (χ1v) is 10.7. The summed E-state index contributed by atoms with van der Waals surface area (Å²) in [7, 11) is 3.08. The largest absolute Gasteiger partial charge is 0.493 e. The van der Waals surface area contributed by atoms with Crippen LogP contribution in [0.1, 0.15) is 41.6 Å². The lowest BCUT2D eigenvalue weighted by Crippen LogP contribution is -2.54. The molecule has 1 spiro atoms. The molecule has 170 valence electrons. The number of methoxy groups -OCH3 is 2. The third-order valence-electron chi connectivity index (χ3n) is 6.38. The number of rotatable bonds is 6. The Morgan fingerprint density at radius 3 is 2.44 bits per heavy atom. The Morgan fingerprint density at radius 2 is 1.75 bits per heavy atom. The van der Waals surface area contributed by atoms with Crippen molar-refractivity contribution in [3.8, 4) is 11.5 Å². The molecule has 2 aliphatic heterocycles. The molecule has 7 nitrogen and oxygen atoms in total. The molecule has 2 aromatic carbocycles. The number of carbonyl (C=O) groups is 2. The number of ether oxygens (including phenoxy) is 2. The maximum Gasteiger partial charge on any atom is 0.253 e. The van der Waals surface area contributed by atoms with Crippen molar-refractivity contribution in [2.24, 2.45) is 0 Å². The number of benzene rings is 2. The van der Waals surface area contributed by atoms with E-state index in [0.717, 1.165) is 0 Å². The van der Waals surface area contributed by atoms with Gasteiger partial charge in [-0.3, -0.25) is 14.4 Å². The molecule has 32 heavy (non-hydrogen) atoms. The van der Waals surface area contributed by atoms with Crippen molar-refractivity contribution in [2.75, 3.05) is 27.3 Å². The molecule has 0 saturated carbocycles. The first-order valence-electron chi connectivity index (χ1n) is 10.7. The van der Waals surface area contributed by atoms with Gasteiger partial charge >= 0.3 is 0 Å². The van der Waals surface area contributed by atoms with Crippen LogP contribution in [0.25, 0.3) is 0 Å². The summed E-state index contributed by atoms with van der Waals surface area (Å²) in [6.45, 7) is 0.995. The monoisotopic (exact) mass is 442 g/mol. The fourth-order valence-corrected chi connectivity index (χ4v) is 4.50. The van der Waals surface area contributed by atoms with Crippen LogP contribution in [0, 0.1) is 5.82 Å². The van der Waals surface area contributed by atoms with E-state index in [1.807, 2.05) is 0 Å². The number of amides is 2. The van der Waals surface area contributed by atoms with Crippen molar-refractivity contribution in [1.29, 1.82) is 0 Å². The highest BCUT2D eigenvalue weighted by Gasteiger charge is 2.48. The minimum Gasteiger partial charge on any atom is -0.493 e. The highest BCUT2D eigenvalue weighted by Crippen LogP contribution is 2.40. The molecule has 0 unspecified atom stereocenters. The molecule has 0 aliphatic carbocycles. The number of hydrogen-bond acceptors (Lipinski definition) is 5. The van der Waals surface area contributed by atoms with E-state index in [9.17, 15) is 14.0 Å². The Hall–Kier alpha value is -3.13. The van der Waals surface area contributed by atoms with Gasteiger partial charge in [-0.05, 0) is 43.5 Å². The summed E-state index contributed by atoms with van der Waals surface area (Å²) in [5, 5.41) is 1.44. The van der Waals surface area contributed by atoms with Crippen molar-refractivity contribution in [1.82, 2.24) is 9.96 Å². The summed E-state index contributed by atoms with van der Waals surface area (Å²) in [4.78, 5) is 33.2. The van der Waals surface area contributed by atoms with Crippen LogP contribution >= 0.6 is 0 Å². The van der Waals surface area contributed by atoms with Crippen LogP contribution < -0.4 is 9.47 Å². The molecule has 2 aliphatic rings. The van der Waals surface area contributed by atoms with Crippen LogP contribution in [0.4, 0.5) is 4.39 Å². The Morgan fingerprint density at radius 1 is 1.03 bits per heavy atom. The van der Waals surface area contributed by atoms with E-state index in [1.165, 1.54) is 18.2 Å². The summed E-state index contributed by atoms with van der Waals surface area (Å²) in [6.07, 6.45) is 2.27. The van der Waals surface area contributed by atoms with Crippen LogP contribution in [-0.2, 0) is 16.2 Å². The zero-order chi connectivity index (χ0) is 22.7. The molecule has 0 aromatic heterocycles. The van der Waals surface area contributed by atoms with Crippen LogP contribution in [0.15, 0.2) is 42.5 Å². The van der Waals surface area contributed by atoms with Crippen molar-refractivity contribution < 1.29 is 28.3 Å². The zero-order valence-corrected chi connectivity index (χ0v) is 18.3. The van der Waals surface area contributed by atoms with Gasteiger partial charge in [-0.1, -0.05) is 18.2 Å². The second kappa shape index (κ2) is 9.16. The number of piperidine rings is 1. The molecule has 2 amide bonds. The minimum absolute atomic E-state index is 0.00550. The lowest BCUT2D eigenvalue weighted by molar-refractivity contribution is -0.222. The van der Waals surface area contributed by atoms with Gasteiger partial charge in [0.15, 0.2) is 11.5 Å². The van der Waals surface area contributed by atoms with Gasteiger partial charge in [-0.25, -0.2) is 9.45 Å². The Labute approximate surface area is 186 Å². The predicted octanol–water partition coefficient (Wildman–Crippen LogP) is 3.57. The van der Waals surface area contributed by atoms with E-state index in [0.29, 0.717) is 61.4 Å². The summed E-state index contributed by atoms with van der Waals surface area (Å²) >= 11 is 0. The van der Waals surface area contributed by atoms with E-state index in [2.05, 4.69) is 0 Å². The van der Waals surface area contributed by atoms with Crippen molar-refractivity contribution in [3.63, 3.8) is 0 Å². The summed E-state index contributed by atoms with van der Waals surface area (Å²) in [5.41, 5.74) is 0.466. The maximum absolute atomic E-state index is 14.0.